The van der Waals surface area contributed by atoms with Gasteiger partial charge in [-0.05, 0) is 25.3 Å². The van der Waals surface area contributed by atoms with Crippen molar-refractivity contribution < 1.29 is 18.7 Å². The van der Waals surface area contributed by atoms with Gasteiger partial charge in [-0.2, -0.15) is 11.8 Å². The molecule has 1 aliphatic rings. The van der Waals surface area contributed by atoms with Crippen LogP contribution in [0.2, 0.25) is 5.02 Å². The number of amides is 2. The molecule has 1 aliphatic heterocycles. The quantitative estimate of drug-likeness (QED) is 0.636. The Kier molecular flexibility index (Phi) is 6.12. The zero-order valence-electron chi connectivity index (χ0n) is 13.6. The van der Waals surface area contributed by atoms with Crippen LogP contribution in [0.5, 0.6) is 0 Å². The maximum absolute atomic E-state index is 14.3. The van der Waals surface area contributed by atoms with Crippen LogP contribution in [0.4, 0.5) is 9.18 Å². The predicted octanol–water partition coefficient (Wildman–Crippen LogP) is 3.36. The Morgan fingerprint density at radius 1 is 1.50 bits per heavy atom. The first-order valence-corrected chi connectivity index (χ1v) is 9.00. The van der Waals surface area contributed by atoms with Gasteiger partial charge in [0.25, 0.3) is 0 Å². The molecule has 0 radical (unpaired) electrons. The molecular formula is C16H18ClFN2O3S. The van der Waals surface area contributed by atoms with Crippen molar-refractivity contribution in [3.8, 4) is 0 Å². The van der Waals surface area contributed by atoms with Crippen LogP contribution in [0.1, 0.15) is 18.5 Å². The molecule has 1 N–H and O–H groups in total. The lowest BCUT2D eigenvalue weighted by Crippen LogP contribution is -2.46. The minimum Gasteiger partial charge on any atom is -0.461 e. The number of nitrogens with one attached hydrogen (secondary N) is 1. The maximum Gasteiger partial charge on any atom is 0.338 e. The van der Waals surface area contributed by atoms with E-state index in [1.54, 1.807) is 6.92 Å². The van der Waals surface area contributed by atoms with Crippen molar-refractivity contribution in [3.05, 3.63) is 45.9 Å². The topological polar surface area (TPSA) is 58.6 Å². The highest BCUT2D eigenvalue weighted by Crippen LogP contribution is 2.35. The molecule has 0 aromatic heterocycles. The van der Waals surface area contributed by atoms with Gasteiger partial charge in [0.2, 0.25) is 0 Å². The van der Waals surface area contributed by atoms with Gasteiger partial charge >= 0.3 is 12.0 Å². The summed E-state index contributed by atoms with van der Waals surface area (Å²) in [5.74, 6) is -0.553. The lowest BCUT2D eigenvalue weighted by Gasteiger charge is -2.33. The van der Waals surface area contributed by atoms with E-state index in [9.17, 15) is 14.0 Å². The summed E-state index contributed by atoms with van der Waals surface area (Å²) in [5, 5.41) is 2.75. The second-order valence-electron chi connectivity index (χ2n) is 5.20. The Balaban J connectivity index is 2.47. The molecule has 1 aromatic carbocycles. The SMILES string of the molecule is CSCCOC(=O)C1=C(C)N(C)C(=O)N[C@H]1c1c(F)cccc1Cl. The van der Waals surface area contributed by atoms with E-state index in [0.717, 1.165) is 0 Å². The van der Waals surface area contributed by atoms with Gasteiger partial charge in [0.05, 0.1) is 11.6 Å². The standard InChI is InChI=1S/C16H18ClFN2O3S/c1-9-12(15(21)23-7-8-24-3)14(19-16(22)20(9)2)13-10(17)5-4-6-11(13)18/h4-6,14H,7-8H2,1-3H3,(H,19,22)/t14-/m1/s1. The molecule has 0 saturated heterocycles. The third-order valence-electron chi connectivity index (χ3n) is 3.78. The Morgan fingerprint density at radius 3 is 2.83 bits per heavy atom. The van der Waals surface area contributed by atoms with Gasteiger partial charge in [-0.3, -0.25) is 0 Å². The molecule has 8 heteroatoms. The molecule has 0 saturated carbocycles. The minimum atomic E-state index is -0.996. The second kappa shape index (κ2) is 7.90. The smallest absolute Gasteiger partial charge is 0.338 e. The Labute approximate surface area is 149 Å². The summed E-state index contributed by atoms with van der Waals surface area (Å²) in [6.45, 7) is 1.85. The molecule has 0 bridgehead atoms. The number of rotatable bonds is 5. The van der Waals surface area contributed by atoms with E-state index in [1.165, 1.54) is 41.9 Å². The van der Waals surface area contributed by atoms with Crippen LogP contribution in [0.25, 0.3) is 0 Å². The van der Waals surface area contributed by atoms with Crippen molar-refractivity contribution in [2.75, 3.05) is 25.7 Å². The number of thioether (sulfide) groups is 1. The highest BCUT2D eigenvalue weighted by atomic mass is 35.5. The highest BCUT2D eigenvalue weighted by Gasteiger charge is 2.37. The van der Waals surface area contributed by atoms with Crippen LogP contribution in [-0.4, -0.2) is 42.6 Å². The number of carbonyl (C=O) groups is 2. The van der Waals surface area contributed by atoms with Crippen molar-refractivity contribution in [3.63, 3.8) is 0 Å². The summed E-state index contributed by atoms with van der Waals surface area (Å²) in [4.78, 5) is 25.9. The minimum absolute atomic E-state index is 0.0526. The first-order valence-electron chi connectivity index (χ1n) is 7.23. The van der Waals surface area contributed by atoms with Crippen molar-refractivity contribution in [2.45, 2.75) is 13.0 Å². The molecule has 24 heavy (non-hydrogen) atoms. The molecule has 1 heterocycles. The van der Waals surface area contributed by atoms with Crippen LogP contribution in [0.3, 0.4) is 0 Å². The summed E-state index contributed by atoms with van der Waals surface area (Å²) in [6.07, 6.45) is 1.90. The molecule has 0 fully saturated rings. The van der Waals surface area contributed by atoms with Gasteiger partial charge in [0.1, 0.15) is 12.4 Å². The molecule has 0 unspecified atom stereocenters. The van der Waals surface area contributed by atoms with Crippen LogP contribution in [-0.2, 0) is 9.53 Å². The Bertz CT molecular complexity index is 676. The van der Waals surface area contributed by atoms with Crippen LogP contribution < -0.4 is 5.32 Å². The number of ether oxygens (including phenoxy) is 1. The average Bonchev–Trinajstić information content (AvgIpc) is 2.52. The summed E-state index contributed by atoms with van der Waals surface area (Å²) >= 11 is 7.65. The second-order valence-corrected chi connectivity index (χ2v) is 6.60. The molecule has 2 rings (SSSR count). The van der Waals surface area contributed by atoms with E-state index in [1.807, 2.05) is 6.26 Å². The molecule has 5 nitrogen and oxygen atoms in total. The highest BCUT2D eigenvalue weighted by molar-refractivity contribution is 7.98. The van der Waals surface area contributed by atoms with E-state index < -0.39 is 23.9 Å². The monoisotopic (exact) mass is 372 g/mol. The first kappa shape index (κ1) is 18.6. The first-order chi connectivity index (χ1) is 11.4. The fourth-order valence-electron chi connectivity index (χ4n) is 2.40. The molecule has 0 spiro atoms. The summed E-state index contributed by atoms with van der Waals surface area (Å²) in [5.41, 5.74) is 0.624. The van der Waals surface area contributed by atoms with Gasteiger partial charge in [0.15, 0.2) is 0 Å². The number of hydrogen-bond donors (Lipinski definition) is 1. The van der Waals surface area contributed by atoms with Crippen molar-refractivity contribution in [1.82, 2.24) is 10.2 Å². The van der Waals surface area contributed by atoms with Gasteiger partial charge in [0, 0.05) is 29.1 Å². The van der Waals surface area contributed by atoms with Crippen molar-refractivity contribution in [1.29, 1.82) is 0 Å². The van der Waals surface area contributed by atoms with E-state index >= 15 is 0 Å². The van der Waals surface area contributed by atoms with Crippen molar-refractivity contribution >= 4 is 35.4 Å². The van der Waals surface area contributed by atoms with E-state index in [0.29, 0.717) is 11.4 Å². The number of hydrogen-bond acceptors (Lipinski definition) is 4. The fraction of sp³-hybridized carbons (Fsp3) is 0.375. The summed E-state index contributed by atoms with van der Waals surface area (Å²) in [7, 11) is 1.53. The average molecular weight is 373 g/mol. The molecule has 0 aliphatic carbocycles. The van der Waals surface area contributed by atoms with Crippen LogP contribution in [0, 0.1) is 5.82 Å². The molecular weight excluding hydrogens is 355 g/mol. The third-order valence-corrected chi connectivity index (χ3v) is 4.69. The van der Waals surface area contributed by atoms with Crippen molar-refractivity contribution in [2.24, 2.45) is 0 Å². The van der Waals surface area contributed by atoms with Gasteiger partial charge in [-0.25, -0.2) is 14.0 Å². The number of halogens is 2. The normalized spacial score (nSPS) is 17.8. The predicted molar refractivity (Wildman–Crippen MR) is 92.5 cm³/mol. The molecule has 1 aromatic rings. The van der Waals surface area contributed by atoms with E-state index in [-0.39, 0.29) is 22.8 Å². The number of nitrogens with zero attached hydrogens (tertiary/aromatic N) is 1. The number of urea groups is 1. The van der Waals surface area contributed by atoms with Crippen LogP contribution in [0.15, 0.2) is 29.5 Å². The third kappa shape index (κ3) is 3.67. The van der Waals surface area contributed by atoms with E-state index in [4.69, 9.17) is 16.3 Å². The summed E-state index contributed by atoms with van der Waals surface area (Å²) in [6, 6.07) is 2.76. The maximum atomic E-state index is 14.3. The largest absolute Gasteiger partial charge is 0.461 e. The molecule has 2 amide bonds. The lowest BCUT2D eigenvalue weighted by molar-refractivity contribution is -0.139. The number of benzene rings is 1. The van der Waals surface area contributed by atoms with Gasteiger partial charge in [-0.15, -0.1) is 0 Å². The Hall–Kier alpha value is -1.73. The molecule has 1 atom stereocenters. The fourth-order valence-corrected chi connectivity index (χ4v) is 2.92. The lowest BCUT2D eigenvalue weighted by atomic mass is 9.94. The van der Waals surface area contributed by atoms with Gasteiger partial charge < -0.3 is 15.0 Å². The summed E-state index contributed by atoms with van der Waals surface area (Å²) < 4.78 is 19.5. The number of allylic oxidation sites excluding steroid dienone is 1. The van der Waals surface area contributed by atoms with E-state index in [2.05, 4.69) is 5.32 Å². The number of esters is 1. The Morgan fingerprint density at radius 2 is 2.21 bits per heavy atom. The zero-order valence-corrected chi connectivity index (χ0v) is 15.1. The van der Waals surface area contributed by atoms with Crippen LogP contribution >= 0.6 is 23.4 Å². The zero-order chi connectivity index (χ0) is 17.9. The molecule has 130 valence electrons. The van der Waals surface area contributed by atoms with Gasteiger partial charge in [-0.1, -0.05) is 17.7 Å². The number of carbonyl (C=O) groups excluding carboxylic acids is 2.